The highest BCUT2D eigenvalue weighted by Gasteiger charge is 2.31. The van der Waals surface area contributed by atoms with Gasteiger partial charge in [-0.05, 0) is 30.7 Å². The lowest BCUT2D eigenvalue weighted by atomic mass is 10.2. The van der Waals surface area contributed by atoms with Gasteiger partial charge in [-0.2, -0.15) is 0 Å². The molecule has 10 heteroatoms. The summed E-state index contributed by atoms with van der Waals surface area (Å²) in [7, 11) is 0. The van der Waals surface area contributed by atoms with Gasteiger partial charge in [-0.25, -0.2) is 4.98 Å². The zero-order valence-electron chi connectivity index (χ0n) is 13.8. The van der Waals surface area contributed by atoms with Crippen LogP contribution in [0.1, 0.15) is 18.4 Å². The van der Waals surface area contributed by atoms with Crippen molar-refractivity contribution in [1.82, 2.24) is 9.88 Å². The van der Waals surface area contributed by atoms with E-state index >= 15 is 0 Å². The first-order chi connectivity index (χ1) is 12.9. The summed E-state index contributed by atoms with van der Waals surface area (Å²) in [6.07, 6.45) is 3.91. The van der Waals surface area contributed by atoms with E-state index < -0.39 is 0 Å². The van der Waals surface area contributed by atoms with Crippen LogP contribution in [-0.2, 0) is 9.59 Å². The molecule has 27 heavy (non-hydrogen) atoms. The van der Waals surface area contributed by atoms with E-state index in [4.69, 9.17) is 23.8 Å². The molecule has 0 unspecified atom stereocenters. The van der Waals surface area contributed by atoms with Crippen LogP contribution in [0.5, 0.6) is 5.75 Å². The normalized spacial score (nSPS) is 15.6. The molecular weight excluding hydrogens is 426 g/mol. The van der Waals surface area contributed by atoms with Gasteiger partial charge in [0.15, 0.2) is 5.13 Å². The van der Waals surface area contributed by atoms with Gasteiger partial charge in [0.05, 0.1) is 4.91 Å². The van der Waals surface area contributed by atoms with Gasteiger partial charge in [0.25, 0.3) is 5.91 Å². The predicted molar refractivity (Wildman–Crippen MR) is 113 cm³/mol. The molecule has 1 aromatic heterocycles. The SMILES string of the molecule is O=C(CCCN1C(=O)/C(=C/c2cc(Cl)ccc2O)SC1=S)Nc1nccs1. The minimum Gasteiger partial charge on any atom is -0.507 e. The van der Waals surface area contributed by atoms with Gasteiger partial charge >= 0.3 is 0 Å². The number of phenolic OH excluding ortho intramolecular Hbond substituents is 1. The van der Waals surface area contributed by atoms with E-state index in [1.807, 2.05) is 0 Å². The maximum absolute atomic E-state index is 12.6. The molecule has 1 aromatic carbocycles. The first-order valence-corrected chi connectivity index (χ1v) is 10.4. The number of nitrogens with zero attached hydrogens (tertiary/aromatic N) is 2. The van der Waals surface area contributed by atoms with Gasteiger partial charge in [0, 0.05) is 35.1 Å². The molecule has 1 saturated heterocycles. The number of carbonyl (C=O) groups excluding carboxylic acids is 2. The summed E-state index contributed by atoms with van der Waals surface area (Å²) in [6, 6.07) is 4.61. The minimum atomic E-state index is -0.246. The number of hydrogen-bond acceptors (Lipinski definition) is 7. The average Bonchev–Trinajstić information content (AvgIpc) is 3.21. The molecule has 0 spiro atoms. The van der Waals surface area contributed by atoms with Crippen molar-refractivity contribution < 1.29 is 14.7 Å². The Bertz CT molecular complexity index is 915. The Morgan fingerprint density at radius 2 is 2.26 bits per heavy atom. The number of amides is 2. The molecule has 2 amide bonds. The number of anilines is 1. The maximum Gasteiger partial charge on any atom is 0.266 e. The number of rotatable bonds is 6. The molecule has 2 aromatic rings. The molecule has 1 aliphatic heterocycles. The first-order valence-electron chi connectivity index (χ1n) is 7.87. The van der Waals surface area contributed by atoms with Crippen LogP contribution in [0.25, 0.3) is 6.08 Å². The number of hydrogen-bond donors (Lipinski definition) is 2. The van der Waals surface area contributed by atoms with Crippen molar-refractivity contribution in [3.8, 4) is 5.75 Å². The number of aromatic nitrogens is 1. The number of thiocarbonyl (C=S) groups is 1. The van der Waals surface area contributed by atoms with Crippen molar-refractivity contribution in [2.75, 3.05) is 11.9 Å². The first kappa shape index (κ1) is 19.8. The van der Waals surface area contributed by atoms with Crippen LogP contribution in [0.4, 0.5) is 5.13 Å². The van der Waals surface area contributed by atoms with Crippen LogP contribution in [0.2, 0.25) is 5.02 Å². The minimum absolute atomic E-state index is 0.0310. The van der Waals surface area contributed by atoms with Gasteiger partial charge in [0.2, 0.25) is 5.91 Å². The van der Waals surface area contributed by atoms with Crippen molar-refractivity contribution in [2.24, 2.45) is 0 Å². The summed E-state index contributed by atoms with van der Waals surface area (Å²) in [6.45, 7) is 0.342. The third kappa shape index (κ3) is 5.07. The Kier molecular flexibility index (Phi) is 6.48. The summed E-state index contributed by atoms with van der Waals surface area (Å²) in [5.74, 6) is -0.372. The van der Waals surface area contributed by atoms with Crippen molar-refractivity contribution in [2.45, 2.75) is 12.8 Å². The molecular formula is C17H14ClN3O3S3. The van der Waals surface area contributed by atoms with Crippen LogP contribution in [0, 0.1) is 0 Å². The van der Waals surface area contributed by atoms with E-state index in [1.54, 1.807) is 29.8 Å². The van der Waals surface area contributed by atoms with E-state index in [0.717, 1.165) is 11.8 Å². The fourth-order valence-corrected chi connectivity index (χ4v) is 4.36. The summed E-state index contributed by atoms with van der Waals surface area (Å²) < 4.78 is 0.424. The smallest absolute Gasteiger partial charge is 0.266 e. The highest BCUT2D eigenvalue weighted by molar-refractivity contribution is 8.26. The number of nitrogens with one attached hydrogen (secondary N) is 1. The molecule has 0 saturated carbocycles. The van der Waals surface area contributed by atoms with Gasteiger partial charge < -0.3 is 10.4 Å². The number of thiazole rings is 1. The second-order valence-electron chi connectivity index (χ2n) is 5.53. The van der Waals surface area contributed by atoms with Crippen LogP contribution < -0.4 is 5.32 Å². The molecule has 2 N–H and O–H groups in total. The zero-order chi connectivity index (χ0) is 19.4. The largest absolute Gasteiger partial charge is 0.507 e. The lowest BCUT2D eigenvalue weighted by Gasteiger charge is -2.13. The van der Waals surface area contributed by atoms with Crippen LogP contribution in [0.15, 0.2) is 34.7 Å². The molecule has 3 rings (SSSR count). The molecule has 2 heterocycles. The molecule has 0 radical (unpaired) electrons. The highest BCUT2D eigenvalue weighted by atomic mass is 35.5. The Hall–Kier alpha value is -1.94. The Balaban J connectivity index is 1.58. The molecule has 0 bridgehead atoms. The molecule has 0 aliphatic carbocycles. The fourth-order valence-electron chi connectivity index (χ4n) is 2.34. The number of thioether (sulfide) groups is 1. The molecule has 6 nitrogen and oxygen atoms in total. The van der Waals surface area contributed by atoms with Gasteiger partial charge in [-0.15, -0.1) is 11.3 Å². The summed E-state index contributed by atoms with van der Waals surface area (Å²) in [4.78, 5) is 30.3. The van der Waals surface area contributed by atoms with Crippen molar-refractivity contribution >= 4 is 74.3 Å². The lowest BCUT2D eigenvalue weighted by molar-refractivity contribution is -0.122. The van der Waals surface area contributed by atoms with Crippen LogP contribution in [0.3, 0.4) is 0 Å². The fraction of sp³-hybridized carbons (Fsp3) is 0.176. The van der Waals surface area contributed by atoms with E-state index in [-0.39, 0.29) is 24.0 Å². The van der Waals surface area contributed by atoms with E-state index in [2.05, 4.69) is 10.3 Å². The molecule has 140 valence electrons. The summed E-state index contributed by atoms with van der Waals surface area (Å²) >= 11 is 13.7. The molecule has 1 fully saturated rings. The standard InChI is InChI=1S/C17H14ClN3O3S3/c18-11-3-4-12(22)10(8-11)9-13-15(24)21(17(25)27-13)6-1-2-14(23)20-16-19-5-7-26-16/h3-5,7-9,22H,1-2,6H2,(H,19,20,23)/b13-9-. The monoisotopic (exact) mass is 439 g/mol. The lowest BCUT2D eigenvalue weighted by Crippen LogP contribution is -2.29. The Morgan fingerprint density at radius 3 is 3.00 bits per heavy atom. The quantitative estimate of drug-likeness (QED) is 0.520. The number of halogens is 1. The third-order valence-corrected chi connectivity index (χ3v) is 5.92. The topological polar surface area (TPSA) is 82.5 Å². The van der Waals surface area contributed by atoms with Crippen LogP contribution >= 0.6 is 46.9 Å². The average molecular weight is 440 g/mol. The number of aromatic hydroxyl groups is 1. The van der Waals surface area contributed by atoms with E-state index in [0.29, 0.717) is 37.9 Å². The van der Waals surface area contributed by atoms with Crippen LogP contribution in [-0.4, -0.2) is 37.7 Å². The molecule has 0 atom stereocenters. The summed E-state index contributed by atoms with van der Waals surface area (Å²) in [5, 5.41) is 15.4. The van der Waals surface area contributed by atoms with Gasteiger partial charge in [-0.1, -0.05) is 35.6 Å². The third-order valence-electron chi connectivity index (χ3n) is 3.61. The zero-order valence-corrected chi connectivity index (χ0v) is 17.1. The van der Waals surface area contributed by atoms with Gasteiger partial charge in [-0.3, -0.25) is 14.5 Å². The van der Waals surface area contributed by atoms with E-state index in [1.165, 1.54) is 22.3 Å². The second kappa shape index (κ2) is 8.83. The van der Waals surface area contributed by atoms with Gasteiger partial charge in [0.1, 0.15) is 10.1 Å². The molecule has 1 aliphatic rings. The van der Waals surface area contributed by atoms with Crippen molar-refractivity contribution in [3.05, 3.63) is 45.3 Å². The Morgan fingerprint density at radius 1 is 1.44 bits per heavy atom. The number of carbonyl (C=O) groups is 2. The maximum atomic E-state index is 12.6. The number of phenols is 1. The predicted octanol–water partition coefficient (Wildman–Crippen LogP) is 4.12. The highest BCUT2D eigenvalue weighted by Crippen LogP contribution is 2.34. The van der Waals surface area contributed by atoms with Crippen molar-refractivity contribution in [3.63, 3.8) is 0 Å². The van der Waals surface area contributed by atoms with E-state index in [9.17, 15) is 14.7 Å². The Labute approximate surface area is 174 Å². The number of benzene rings is 1. The van der Waals surface area contributed by atoms with Crippen molar-refractivity contribution in [1.29, 1.82) is 0 Å². The summed E-state index contributed by atoms with van der Waals surface area (Å²) in [5.41, 5.74) is 0.450. The second-order valence-corrected chi connectivity index (χ2v) is 8.53.